The SMILES string of the molecule is COc1ccccc1Oc1ccc(Nc2c(C#N)cnn3cc(N(C)C(=O)OCCN4CCOCC4)c(C)c23)cc1. The van der Waals surface area contributed by atoms with Crippen LogP contribution in [0.5, 0.6) is 17.2 Å². The Hall–Kier alpha value is -4.79. The number of nitrogens with zero attached hydrogens (tertiary/aromatic N) is 5. The molecule has 1 N–H and O–H groups in total. The number of hydrogen-bond donors (Lipinski definition) is 1. The van der Waals surface area contributed by atoms with Crippen LogP contribution in [0, 0.1) is 18.3 Å². The fraction of sp³-hybridized carbons (Fsp3) is 0.300. The highest BCUT2D eigenvalue weighted by Crippen LogP contribution is 2.35. The van der Waals surface area contributed by atoms with Gasteiger partial charge in [-0.25, -0.2) is 9.31 Å². The van der Waals surface area contributed by atoms with E-state index in [9.17, 15) is 10.1 Å². The number of carbonyl (C=O) groups is 1. The number of rotatable bonds is 9. The quantitative estimate of drug-likeness (QED) is 0.305. The topological polar surface area (TPSA) is 114 Å². The fourth-order valence-electron chi connectivity index (χ4n) is 4.69. The van der Waals surface area contributed by atoms with Gasteiger partial charge in [0.05, 0.1) is 55.2 Å². The molecule has 41 heavy (non-hydrogen) atoms. The zero-order valence-electron chi connectivity index (χ0n) is 23.3. The summed E-state index contributed by atoms with van der Waals surface area (Å²) >= 11 is 0. The molecule has 0 radical (unpaired) electrons. The van der Waals surface area contributed by atoms with Gasteiger partial charge in [-0.05, 0) is 43.3 Å². The number of ether oxygens (including phenoxy) is 4. The fourth-order valence-corrected chi connectivity index (χ4v) is 4.69. The molecule has 0 unspecified atom stereocenters. The highest BCUT2D eigenvalue weighted by atomic mass is 16.6. The number of para-hydroxylation sites is 2. The van der Waals surface area contributed by atoms with Crippen molar-refractivity contribution in [1.82, 2.24) is 14.5 Å². The Bertz CT molecular complexity index is 1560. The second kappa shape index (κ2) is 12.6. The first-order valence-electron chi connectivity index (χ1n) is 13.3. The molecule has 5 rings (SSSR count). The summed E-state index contributed by atoms with van der Waals surface area (Å²) in [6.45, 7) is 5.88. The van der Waals surface area contributed by atoms with E-state index >= 15 is 0 Å². The number of methoxy groups -OCH3 is 1. The number of nitrogens with one attached hydrogen (secondary N) is 1. The van der Waals surface area contributed by atoms with Crippen molar-refractivity contribution >= 4 is 28.7 Å². The van der Waals surface area contributed by atoms with Gasteiger partial charge < -0.3 is 24.3 Å². The minimum atomic E-state index is -0.460. The lowest BCUT2D eigenvalue weighted by atomic mass is 10.1. The van der Waals surface area contributed by atoms with Crippen molar-refractivity contribution in [3.63, 3.8) is 0 Å². The molecule has 4 aromatic rings. The first kappa shape index (κ1) is 27.8. The van der Waals surface area contributed by atoms with E-state index in [4.69, 9.17) is 18.9 Å². The number of hydrogen-bond acceptors (Lipinski definition) is 9. The van der Waals surface area contributed by atoms with Crippen LogP contribution < -0.4 is 19.7 Å². The monoisotopic (exact) mass is 556 g/mol. The zero-order chi connectivity index (χ0) is 28.8. The van der Waals surface area contributed by atoms with E-state index in [0.29, 0.717) is 59.5 Å². The molecule has 0 atom stereocenters. The normalized spacial score (nSPS) is 13.4. The van der Waals surface area contributed by atoms with E-state index in [1.807, 2.05) is 55.5 Å². The van der Waals surface area contributed by atoms with Crippen LogP contribution in [0.3, 0.4) is 0 Å². The van der Waals surface area contributed by atoms with Gasteiger partial charge in [0.15, 0.2) is 11.5 Å². The van der Waals surface area contributed by atoms with Crippen LogP contribution in [0.15, 0.2) is 60.9 Å². The molecule has 11 nitrogen and oxygen atoms in total. The third-order valence-electron chi connectivity index (χ3n) is 6.94. The van der Waals surface area contributed by atoms with Crippen molar-refractivity contribution in [3.05, 3.63) is 72.1 Å². The molecule has 1 amide bonds. The van der Waals surface area contributed by atoms with E-state index in [0.717, 1.165) is 24.3 Å². The summed E-state index contributed by atoms with van der Waals surface area (Å²) in [7, 11) is 3.26. The summed E-state index contributed by atoms with van der Waals surface area (Å²) in [6.07, 6.45) is 2.79. The van der Waals surface area contributed by atoms with Gasteiger partial charge in [0.1, 0.15) is 18.4 Å². The number of aryl methyl sites for hydroxylation is 1. The highest BCUT2D eigenvalue weighted by molar-refractivity contribution is 5.94. The summed E-state index contributed by atoms with van der Waals surface area (Å²) in [5, 5.41) is 17.6. The summed E-state index contributed by atoms with van der Waals surface area (Å²) in [4.78, 5) is 16.5. The van der Waals surface area contributed by atoms with Crippen LogP contribution in [0.1, 0.15) is 11.1 Å². The largest absolute Gasteiger partial charge is 0.493 e. The Morgan fingerprint density at radius 3 is 2.59 bits per heavy atom. The summed E-state index contributed by atoms with van der Waals surface area (Å²) in [6, 6.07) is 17.0. The molecule has 212 valence electrons. The molecule has 1 fully saturated rings. The van der Waals surface area contributed by atoms with E-state index in [1.54, 1.807) is 24.9 Å². The molecule has 11 heteroatoms. The van der Waals surface area contributed by atoms with E-state index in [2.05, 4.69) is 21.4 Å². The lowest BCUT2D eigenvalue weighted by molar-refractivity contribution is 0.0286. The van der Waals surface area contributed by atoms with Crippen LogP contribution in [-0.2, 0) is 9.47 Å². The maximum atomic E-state index is 12.9. The van der Waals surface area contributed by atoms with E-state index in [-0.39, 0.29) is 6.61 Å². The first-order chi connectivity index (χ1) is 20.0. The summed E-state index contributed by atoms with van der Waals surface area (Å²) in [5.41, 5.74) is 3.80. The molecule has 0 bridgehead atoms. The Morgan fingerprint density at radius 1 is 1.15 bits per heavy atom. The van der Waals surface area contributed by atoms with E-state index in [1.165, 1.54) is 11.1 Å². The number of aromatic nitrogens is 2. The third-order valence-corrected chi connectivity index (χ3v) is 6.94. The molecule has 0 saturated carbocycles. The van der Waals surface area contributed by atoms with Crippen LogP contribution in [0.2, 0.25) is 0 Å². The molecule has 0 spiro atoms. The Morgan fingerprint density at radius 2 is 1.88 bits per heavy atom. The molecule has 1 aliphatic heterocycles. The smallest absolute Gasteiger partial charge is 0.414 e. The van der Waals surface area contributed by atoms with Crippen LogP contribution in [0.4, 0.5) is 21.9 Å². The minimum Gasteiger partial charge on any atom is -0.493 e. The van der Waals surface area contributed by atoms with Crippen molar-refractivity contribution in [2.45, 2.75) is 6.92 Å². The predicted octanol–water partition coefficient (Wildman–Crippen LogP) is 4.96. The first-order valence-corrected chi connectivity index (χ1v) is 13.3. The molecule has 1 aliphatic rings. The zero-order valence-corrected chi connectivity index (χ0v) is 23.3. The average Bonchev–Trinajstić information content (AvgIpc) is 3.35. The second-order valence-electron chi connectivity index (χ2n) is 9.51. The van der Waals surface area contributed by atoms with Crippen LogP contribution in [-0.4, -0.2) is 74.2 Å². The van der Waals surface area contributed by atoms with Gasteiger partial charge in [0, 0.05) is 37.9 Å². The second-order valence-corrected chi connectivity index (χ2v) is 9.51. The maximum Gasteiger partial charge on any atom is 0.414 e. The molecule has 2 aromatic heterocycles. The number of carbonyl (C=O) groups excluding carboxylic acids is 1. The van der Waals surface area contributed by atoms with Crippen molar-refractivity contribution < 1.29 is 23.7 Å². The molecule has 1 saturated heterocycles. The van der Waals surface area contributed by atoms with Gasteiger partial charge in [-0.15, -0.1) is 0 Å². The number of nitriles is 1. The van der Waals surface area contributed by atoms with Gasteiger partial charge in [-0.3, -0.25) is 9.80 Å². The standard InChI is InChI=1S/C30H32N6O5/c1-21-25(34(2)30(37)40-17-14-35-12-15-39-16-13-35)20-36-29(21)28(22(18-31)19-32-36)33-23-8-10-24(11-9-23)41-27-7-5-4-6-26(27)38-3/h4-11,19-20,33H,12-17H2,1-3H3. The number of fused-ring (bicyclic) bond motifs is 1. The predicted molar refractivity (Wildman–Crippen MR) is 154 cm³/mol. The molecule has 2 aromatic carbocycles. The van der Waals surface area contributed by atoms with E-state index < -0.39 is 6.09 Å². The number of benzene rings is 2. The van der Waals surface area contributed by atoms with Gasteiger partial charge in [-0.1, -0.05) is 12.1 Å². The molecule has 0 aliphatic carbocycles. The highest BCUT2D eigenvalue weighted by Gasteiger charge is 2.22. The number of morpholine rings is 1. The molecular formula is C30H32N6O5. The van der Waals surface area contributed by atoms with Crippen LogP contribution in [0.25, 0.3) is 5.52 Å². The van der Waals surface area contributed by atoms with Crippen molar-refractivity contribution in [1.29, 1.82) is 5.26 Å². The molecular weight excluding hydrogens is 524 g/mol. The minimum absolute atomic E-state index is 0.288. The third kappa shape index (κ3) is 6.19. The van der Waals surface area contributed by atoms with Gasteiger partial charge in [-0.2, -0.15) is 10.4 Å². The van der Waals surface area contributed by atoms with Crippen molar-refractivity contribution in [3.8, 4) is 23.3 Å². The Labute approximate surface area is 238 Å². The van der Waals surface area contributed by atoms with Gasteiger partial charge in [0.25, 0.3) is 0 Å². The lowest BCUT2D eigenvalue weighted by Gasteiger charge is -2.26. The van der Waals surface area contributed by atoms with Gasteiger partial charge in [0.2, 0.25) is 0 Å². The number of amides is 1. The van der Waals surface area contributed by atoms with Gasteiger partial charge >= 0.3 is 6.09 Å². The summed E-state index contributed by atoms with van der Waals surface area (Å²) in [5.74, 6) is 1.88. The lowest BCUT2D eigenvalue weighted by Crippen LogP contribution is -2.39. The Balaban J connectivity index is 1.33. The Kier molecular flexibility index (Phi) is 8.53. The number of anilines is 3. The van der Waals surface area contributed by atoms with Crippen molar-refractivity contribution in [2.24, 2.45) is 0 Å². The maximum absolute atomic E-state index is 12.9. The summed E-state index contributed by atoms with van der Waals surface area (Å²) < 4.78 is 23.9. The van der Waals surface area contributed by atoms with Crippen molar-refractivity contribution in [2.75, 3.05) is 63.8 Å². The average molecular weight is 557 g/mol. The van der Waals surface area contributed by atoms with Crippen LogP contribution >= 0.6 is 0 Å². The molecule has 3 heterocycles.